The highest BCUT2D eigenvalue weighted by molar-refractivity contribution is 5.54. The van der Waals surface area contributed by atoms with Crippen molar-refractivity contribution in [1.82, 2.24) is 0 Å². The summed E-state index contributed by atoms with van der Waals surface area (Å²) in [6, 6.07) is 5.19. The predicted molar refractivity (Wildman–Crippen MR) is 70.4 cm³/mol. The van der Waals surface area contributed by atoms with E-state index in [0.717, 1.165) is 18.9 Å². The fourth-order valence-electron chi connectivity index (χ4n) is 1.90. The van der Waals surface area contributed by atoms with Crippen LogP contribution in [0.1, 0.15) is 30.9 Å². The Morgan fingerprint density at radius 1 is 1.30 bits per heavy atom. The third-order valence-corrected chi connectivity index (χ3v) is 2.95. The van der Waals surface area contributed by atoms with Gasteiger partial charge < -0.3 is 10.0 Å². The van der Waals surface area contributed by atoms with Crippen molar-refractivity contribution in [2.24, 2.45) is 0 Å². The van der Waals surface area contributed by atoms with Crippen molar-refractivity contribution in [2.45, 2.75) is 25.9 Å². The molecule has 110 valence electrons. The summed E-state index contributed by atoms with van der Waals surface area (Å²) >= 11 is 0. The van der Waals surface area contributed by atoms with E-state index in [1.165, 1.54) is 12.1 Å². The molecule has 0 heterocycles. The molecule has 0 amide bonds. The van der Waals surface area contributed by atoms with Gasteiger partial charge in [-0.05, 0) is 24.6 Å². The van der Waals surface area contributed by atoms with Crippen LogP contribution in [0.5, 0.6) is 0 Å². The van der Waals surface area contributed by atoms with Crippen LogP contribution in [0.15, 0.2) is 18.2 Å². The Morgan fingerprint density at radius 2 is 2.00 bits per heavy atom. The summed E-state index contributed by atoms with van der Waals surface area (Å²) in [5, 5.41) is 17.8. The van der Waals surface area contributed by atoms with E-state index < -0.39 is 11.7 Å². The van der Waals surface area contributed by atoms with Gasteiger partial charge in [0, 0.05) is 18.8 Å². The van der Waals surface area contributed by atoms with Crippen LogP contribution in [-0.4, -0.2) is 24.8 Å². The zero-order valence-corrected chi connectivity index (χ0v) is 11.2. The molecule has 0 aliphatic heterocycles. The van der Waals surface area contributed by atoms with E-state index in [-0.39, 0.29) is 18.7 Å². The molecule has 0 spiro atoms. The quantitative estimate of drug-likeness (QED) is 0.873. The van der Waals surface area contributed by atoms with E-state index in [2.05, 4.69) is 0 Å². The second kappa shape index (κ2) is 7.15. The van der Waals surface area contributed by atoms with Crippen LogP contribution in [-0.2, 0) is 6.18 Å². The van der Waals surface area contributed by atoms with Crippen molar-refractivity contribution in [1.29, 1.82) is 5.26 Å². The van der Waals surface area contributed by atoms with Crippen LogP contribution in [0.4, 0.5) is 18.9 Å². The van der Waals surface area contributed by atoms with Gasteiger partial charge in [-0.2, -0.15) is 18.4 Å². The van der Waals surface area contributed by atoms with Gasteiger partial charge in [-0.1, -0.05) is 13.3 Å². The minimum atomic E-state index is -4.56. The van der Waals surface area contributed by atoms with E-state index >= 15 is 0 Å². The molecule has 0 bridgehead atoms. The highest BCUT2D eigenvalue weighted by atomic mass is 19.4. The van der Waals surface area contributed by atoms with Crippen LogP contribution in [0.3, 0.4) is 0 Å². The normalized spacial score (nSPS) is 11.2. The average Bonchev–Trinajstić information content (AvgIpc) is 2.42. The first-order chi connectivity index (χ1) is 9.43. The first-order valence-corrected chi connectivity index (χ1v) is 6.41. The number of anilines is 1. The summed E-state index contributed by atoms with van der Waals surface area (Å²) in [6.45, 7) is 2.69. The van der Waals surface area contributed by atoms with E-state index in [1.807, 2.05) is 6.92 Å². The minimum absolute atomic E-state index is 0.134. The second-order valence-corrected chi connectivity index (χ2v) is 4.40. The molecule has 1 rings (SSSR count). The van der Waals surface area contributed by atoms with Crippen molar-refractivity contribution in [3.63, 3.8) is 0 Å². The van der Waals surface area contributed by atoms with Crippen molar-refractivity contribution in [3.8, 4) is 6.07 Å². The van der Waals surface area contributed by atoms with Crippen molar-refractivity contribution in [2.75, 3.05) is 24.6 Å². The predicted octanol–water partition coefficient (Wildman–Crippen LogP) is 3.18. The number of halogens is 3. The van der Waals surface area contributed by atoms with Crippen LogP contribution in [0.25, 0.3) is 0 Å². The summed E-state index contributed by atoms with van der Waals surface area (Å²) in [6.07, 6.45) is -2.83. The number of nitrogens with zero attached hydrogens (tertiary/aromatic N) is 2. The molecule has 3 nitrogen and oxygen atoms in total. The molecule has 0 aliphatic rings. The maximum Gasteiger partial charge on any atom is 0.417 e. The number of aliphatic hydroxyl groups excluding tert-OH is 1. The number of unbranched alkanes of at least 4 members (excludes halogenated alkanes) is 1. The van der Waals surface area contributed by atoms with E-state index in [1.54, 1.807) is 11.0 Å². The molecule has 1 aromatic carbocycles. The lowest BCUT2D eigenvalue weighted by molar-refractivity contribution is -0.137. The van der Waals surface area contributed by atoms with Gasteiger partial charge in [-0.25, -0.2) is 0 Å². The average molecular weight is 286 g/mol. The zero-order chi connectivity index (χ0) is 15.2. The molecule has 1 aromatic rings. The molecule has 0 aliphatic carbocycles. The molecule has 0 unspecified atom stereocenters. The maximum absolute atomic E-state index is 12.9. The number of alkyl halides is 3. The van der Waals surface area contributed by atoms with E-state index in [4.69, 9.17) is 10.4 Å². The van der Waals surface area contributed by atoms with Gasteiger partial charge in [0.1, 0.15) is 0 Å². The fraction of sp³-hybridized carbons (Fsp3) is 0.500. The lowest BCUT2D eigenvalue weighted by Gasteiger charge is -2.25. The fourth-order valence-corrected chi connectivity index (χ4v) is 1.90. The van der Waals surface area contributed by atoms with Gasteiger partial charge in [0.2, 0.25) is 0 Å². The Kier molecular flexibility index (Phi) is 5.83. The van der Waals surface area contributed by atoms with Crippen molar-refractivity contribution in [3.05, 3.63) is 29.3 Å². The Balaban J connectivity index is 3.14. The number of hydrogen-bond acceptors (Lipinski definition) is 3. The smallest absolute Gasteiger partial charge is 0.395 e. The summed E-state index contributed by atoms with van der Waals surface area (Å²) in [7, 11) is 0. The molecule has 0 saturated carbocycles. The zero-order valence-electron chi connectivity index (χ0n) is 11.2. The Hall–Kier alpha value is -1.74. The van der Waals surface area contributed by atoms with Crippen LogP contribution in [0, 0.1) is 11.3 Å². The van der Waals surface area contributed by atoms with Crippen LogP contribution >= 0.6 is 0 Å². The molecular weight excluding hydrogens is 269 g/mol. The topological polar surface area (TPSA) is 47.3 Å². The van der Waals surface area contributed by atoms with Gasteiger partial charge in [0.25, 0.3) is 0 Å². The summed E-state index contributed by atoms with van der Waals surface area (Å²) in [5.74, 6) is 0. The Morgan fingerprint density at radius 3 is 2.50 bits per heavy atom. The SMILES string of the molecule is CCCCN(CCO)c1ccc(C#N)c(C(F)(F)F)c1. The molecule has 0 fully saturated rings. The molecule has 0 radical (unpaired) electrons. The maximum atomic E-state index is 12.9. The molecule has 0 atom stereocenters. The molecule has 1 N–H and O–H groups in total. The lowest BCUT2D eigenvalue weighted by atomic mass is 10.1. The number of hydrogen-bond donors (Lipinski definition) is 1. The molecule has 20 heavy (non-hydrogen) atoms. The largest absolute Gasteiger partial charge is 0.417 e. The highest BCUT2D eigenvalue weighted by Crippen LogP contribution is 2.34. The first-order valence-electron chi connectivity index (χ1n) is 6.41. The van der Waals surface area contributed by atoms with Gasteiger partial charge >= 0.3 is 6.18 Å². The number of rotatable bonds is 6. The minimum Gasteiger partial charge on any atom is -0.395 e. The third-order valence-electron chi connectivity index (χ3n) is 2.95. The molecular formula is C14H17F3N2O. The molecule has 6 heteroatoms. The van der Waals surface area contributed by atoms with Crippen LogP contribution < -0.4 is 4.90 Å². The van der Waals surface area contributed by atoms with E-state index in [9.17, 15) is 13.2 Å². The van der Waals surface area contributed by atoms with Gasteiger partial charge in [-0.3, -0.25) is 0 Å². The standard InChI is InChI=1S/C14H17F3N2O/c1-2-3-6-19(7-8-20)12-5-4-11(10-18)13(9-12)14(15,16)17/h4-5,9,20H,2-3,6-8H2,1H3. The Bertz CT molecular complexity index is 480. The van der Waals surface area contributed by atoms with Crippen LogP contribution in [0.2, 0.25) is 0 Å². The number of benzene rings is 1. The first kappa shape index (κ1) is 16.3. The Labute approximate surface area is 116 Å². The van der Waals surface area contributed by atoms with E-state index in [0.29, 0.717) is 12.2 Å². The second-order valence-electron chi connectivity index (χ2n) is 4.40. The summed E-state index contributed by atoms with van der Waals surface area (Å²) in [5.41, 5.74) is -0.948. The van der Waals surface area contributed by atoms with Gasteiger partial charge in [0.15, 0.2) is 0 Å². The lowest BCUT2D eigenvalue weighted by Crippen LogP contribution is -2.28. The number of nitriles is 1. The number of aliphatic hydroxyl groups is 1. The van der Waals surface area contributed by atoms with Crippen molar-refractivity contribution < 1.29 is 18.3 Å². The monoisotopic (exact) mass is 286 g/mol. The summed E-state index contributed by atoms with van der Waals surface area (Å²) in [4.78, 5) is 1.69. The van der Waals surface area contributed by atoms with Gasteiger partial charge in [-0.15, -0.1) is 0 Å². The van der Waals surface area contributed by atoms with Gasteiger partial charge in [0.05, 0.1) is 23.8 Å². The highest BCUT2D eigenvalue weighted by Gasteiger charge is 2.34. The third kappa shape index (κ3) is 4.14. The summed E-state index contributed by atoms with van der Waals surface area (Å²) < 4.78 is 38.7. The molecule has 0 saturated heterocycles. The molecule has 0 aromatic heterocycles. The van der Waals surface area contributed by atoms with Crippen molar-refractivity contribution >= 4 is 5.69 Å².